The third kappa shape index (κ3) is 2.24. The summed E-state index contributed by atoms with van der Waals surface area (Å²) >= 11 is 0. The Bertz CT molecular complexity index is 1040. The van der Waals surface area contributed by atoms with Crippen molar-refractivity contribution in [3.63, 3.8) is 0 Å². The number of fused-ring (bicyclic) bond motifs is 6. The molecule has 6 heteroatoms. The third-order valence-electron chi connectivity index (χ3n) is 5.54. The Labute approximate surface area is 162 Å². The van der Waals surface area contributed by atoms with Crippen LogP contribution < -0.4 is 18.9 Å². The largest absolute Gasteiger partial charge is 0.507 e. The summed E-state index contributed by atoms with van der Waals surface area (Å²) in [7, 11) is 1.61. The maximum atomic E-state index is 11.5. The maximum Gasteiger partial charge on any atom is 0.157 e. The number of rotatable bonds is 2. The zero-order valence-corrected chi connectivity index (χ0v) is 15.8. The van der Waals surface area contributed by atoms with Crippen molar-refractivity contribution in [1.29, 1.82) is 0 Å². The van der Waals surface area contributed by atoms with E-state index < -0.39 is 5.60 Å². The van der Waals surface area contributed by atoms with Crippen LogP contribution in [0.3, 0.4) is 0 Å². The van der Waals surface area contributed by atoms with E-state index in [1.165, 1.54) is 6.07 Å². The zero-order valence-electron chi connectivity index (χ0n) is 15.8. The Hall–Kier alpha value is -3.15. The van der Waals surface area contributed by atoms with Crippen LogP contribution in [-0.4, -0.2) is 30.7 Å². The highest BCUT2D eigenvalue weighted by atomic mass is 16.5. The molecule has 3 aliphatic rings. The molecule has 144 valence electrons. The fourth-order valence-electron chi connectivity index (χ4n) is 4.23. The smallest absolute Gasteiger partial charge is 0.157 e. The van der Waals surface area contributed by atoms with Crippen molar-refractivity contribution in [3.8, 4) is 28.7 Å². The van der Waals surface area contributed by atoms with Gasteiger partial charge in [-0.05, 0) is 32.1 Å². The molecule has 1 N–H and O–H groups in total. The van der Waals surface area contributed by atoms with Crippen molar-refractivity contribution < 1.29 is 28.8 Å². The molecule has 0 saturated heterocycles. The number of hydrogen-bond acceptors (Lipinski definition) is 6. The predicted octanol–water partition coefficient (Wildman–Crippen LogP) is 4.01. The standard InChI is InChI=1S/C22H20O6/c1-22(2)7-6-12-16(28-22)8-17-18(20(12)25-3)21-14(10-26-17)11-4-5-15(24)13(9-23)19(11)27-21/h4-9,14,21,24H,10H2,1-3H3/t14-,21+/m0/s1. The SMILES string of the molecule is COc1c2c(cc3c1[C@@H]1Oc4c(ccc(O)c4C=O)[C@@H]1CO3)OC(C)(C)C=C2. The first kappa shape index (κ1) is 17.0. The number of methoxy groups -OCH3 is 1. The predicted molar refractivity (Wildman–Crippen MR) is 102 cm³/mol. The fourth-order valence-corrected chi connectivity index (χ4v) is 4.23. The topological polar surface area (TPSA) is 74.2 Å². The van der Waals surface area contributed by atoms with Gasteiger partial charge >= 0.3 is 0 Å². The number of aromatic hydroxyl groups is 1. The second kappa shape index (κ2) is 5.67. The Morgan fingerprint density at radius 2 is 2.11 bits per heavy atom. The summed E-state index contributed by atoms with van der Waals surface area (Å²) in [6, 6.07) is 5.18. The molecule has 0 radical (unpaired) electrons. The lowest BCUT2D eigenvalue weighted by molar-refractivity contribution is 0.110. The van der Waals surface area contributed by atoms with Gasteiger partial charge in [0.25, 0.3) is 0 Å². The van der Waals surface area contributed by atoms with Crippen LogP contribution >= 0.6 is 0 Å². The summed E-state index contributed by atoms with van der Waals surface area (Å²) in [5.74, 6) is 2.20. The summed E-state index contributed by atoms with van der Waals surface area (Å²) < 4.78 is 24.1. The molecule has 0 saturated carbocycles. The van der Waals surface area contributed by atoms with E-state index in [2.05, 4.69) is 0 Å². The number of hydrogen-bond donors (Lipinski definition) is 1. The van der Waals surface area contributed by atoms with Crippen LogP contribution in [0.4, 0.5) is 0 Å². The van der Waals surface area contributed by atoms with Gasteiger partial charge in [-0.3, -0.25) is 4.79 Å². The van der Waals surface area contributed by atoms with Crippen LogP contribution in [0, 0.1) is 0 Å². The Morgan fingerprint density at radius 1 is 1.29 bits per heavy atom. The van der Waals surface area contributed by atoms with Gasteiger partial charge in [0.2, 0.25) is 0 Å². The number of ether oxygens (including phenoxy) is 4. The molecule has 2 aromatic carbocycles. The minimum Gasteiger partial charge on any atom is -0.507 e. The lowest BCUT2D eigenvalue weighted by Gasteiger charge is -2.34. The normalized spacial score (nSPS) is 22.5. The van der Waals surface area contributed by atoms with Gasteiger partial charge in [0.05, 0.1) is 36.3 Å². The van der Waals surface area contributed by atoms with Gasteiger partial charge in [-0.25, -0.2) is 0 Å². The van der Waals surface area contributed by atoms with E-state index >= 15 is 0 Å². The molecular formula is C22H20O6. The summed E-state index contributed by atoms with van der Waals surface area (Å²) in [5.41, 5.74) is 2.22. The molecule has 2 atom stereocenters. The summed E-state index contributed by atoms with van der Waals surface area (Å²) in [4.78, 5) is 11.5. The van der Waals surface area contributed by atoms with E-state index in [1.807, 2.05) is 32.1 Å². The average molecular weight is 380 g/mol. The molecule has 0 bridgehead atoms. The van der Waals surface area contributed by atoms with Crippen molar-refractivity contribution >= 4 is 12.4 Å². The van der Waals surface area contributed by atoms with E-state index in [0.29, 0.717) is 35.9 Å². The van der Waals surface area contributed by atoms with Crippen molar-refractivity contribution in [1.82, 2.24) is 0 Å². The van der Waals surface area contributed by atoms with Crippen molar-refractivity contribution in [2.75, 3.05) is 13.7 Å². The van der Waals surface area contributed by atoms with Gasteiger partial charge in [0.1, 0.15) is 40.5 Å². The highest BCUT2D eigenvalue weighted by Gasteiger charge is 2.45. The van der Waals surface area contributed by atoms with Crippen LogP contribution in [0.5, 0.6) is 28.7 Å². The molecule has 2 aromatic rings. The molecule has 0 aliphatic carbocycles. The van der Waals surface area contributed by atoms with Crippen LogP contribution in [0.25, 0.3) is 6.08 Å². The fraction of sp³-hybridized carbons (Fsp3) is 0.318. The lowest BCUT2D eigenvalue weighted by Crippen LogP contribution is -2.29. The molecule has 5 rings (SSSR count). The Morgan fingerprint density at radius 3 is 2.86 bits per heavy atom. The molecular weight excluding hydrogens is 360 g/mol. The summed E-state index contributed by atoms with van der Waals surface area (Å²) in [6.07, 6.45) is 4.23. The van der Waals surface area contributed by atoms with Crippen LogP contribution in [0.15, 0.2) is 24.3 Å². The summed E-state index contributed by atoms with van der Waals surface area (Å²) in [5, 5.41) is 10.0. The molecule has 3 heterocycles. The molecule has 3 aliphatic heterocycles. The average Bonchev–Trinajstić information content (AvgIpc) is 3.03. The molecule has 0 aromatic heterocycles. The van der Waals surface area contributed by atoms with E-state index in [0.717, 1.165) is 16.7 Å². The minimum absolute atomic E-state index is 0.0930. The summed E-state index contributed by atoms with van der Waals surface area (Å²) in [6.45, 7) is 4.37. The molecule has 0 spiro atoms. The van der Waals surface area contributed by atoms with Crippen molar-refractivity contribution in [2.24, 2.45) is 0 Å². The first-order valence-electron chi connectivity index (χ1n) is 9.17. The highest BCUT2D eigenvalue weighted by Crippen LogP contribution is 2.57. The number of carbonyl (C=O) groups excluding carboxylic acids is 1. The monoisotopic (exact) mass is 380 g/mol. The quantitative estimate of drug-likeness (QED) is 0.794. The Kier molecular flexibility index (Phi) is 3.44. The van der Waals surface area contributed by atoms with Gasteiger partial charge in [0, 0.05) is 11.6 Å². The zero-order chi connectivity index (χ0) is 19.6. The van der Waals surface area contributed by atoms with Crippen molar-refractivity contribution in [3.05, 3.63) is 46.5 Å². The van der Waals surface area contributed by atoms with Crippen molar-refractivity contribution in [2.45, 2.75) is 31.5 Å². The third-order valence-corrected chi connectivity index (χ3v) is 5.54. The molecule has 0 unspecified atom stereocenters. The van der Waals surface area contributed by atoms with Gasteiger partial charge in [-0.1, -0.05) is 6.07 Å². The van der Waals surface area contributed by atoms with Gasteiger partial charge in [-0.2, -0.15) is 0 Å². The molecule has 28 heavy (non-hydrogen) atoms. The number of phenols is 1. The van der Waals surface area contributed by atoms with E-state index in [9.17, 15) is 9.90 Å². The van der Waals surface area contributed by atoms with Crippen LogP contribution in [0.2, 0.25) is 0 Å². The van der Waals surface area contributed by atoms with E-state index in [4.69, 9.17) is 18.9 Å². The number of phenolic OH excluding ortho intramolecular Hbond substituents is 1. The van der Waals surface area contributed by atoms with Gasteiger partial charge in [0.15, 0.2) is 6.29 Å². The van der Waals surface area contributed by atoms with E-state index in [-0.39, 0.29) is 23.3 Å². The number of benzene rings is 2. The second-order valence-corrected chi connectivity index (χ2v) is 7.76. The maximum absolute atomic E-state index is 11.5. The molecule has 6 nitrogen and oxygen atoms in total. The highest BCUT2D eigenvalue weighted by molar-refractivity contribution is 5.85. The number of aldehydes is 1. The minimum atomic E-state index is -0.417. The van der Waals surface area contributed by atoms with Crippen LogP contribution in [-0.2, 0) is 0 Å². The first-order valence-corrected chi connectivity index (χ1v) is 9.17. The number of carbonyl (C=O) groups is 1. The van der Waals surface area contributed by atoms with Crippen LogP contribution in [0.1, 0.15) is 52.9 Å². The van der Waals surface area contributed by atoms with Gasteiger partial charge < -0.3 is 24.1 Å². The molecule has 0 fully saturated rings. The lowest BCUT2D eigenvalue weighted by atomic mass is 9.86. The molecule has 0 amide bonds. The Balaban J connectivity index is 1.68. The first-order chi connectivity index (χ1) is 13.4. The van der Waals surface area contributed by atoms with Gasteiger partial charge in [-0.15, -0.1) is 0 Å². The van der Waals surface area contributed by atoms with E-state index in [1.54, 1.807) is 13.2 Å². The second-order valence-electron chi connectivity index (χ2n) is 7.76.